The number of benzene rings is 1. The smallest absolute Gasteiger partial charge is 0.381 e. The highest BCUT2D eigenvalue weighted by Crippen LogP contribution is 2.31. The van der Waals surface area contributed by atoms with Crippen molar-refractivity contribution >= 4 is 16.9 Å². The molecule has 1 N–H and O–H groups in total. The molecule has 1 aliphatic heterocycles. The number of ether oxygens (including phenoxy) is 1. The van der Waals surface area contributed by atoms with Crippen LogP contribution in [0.1, 0.15) is 28.8 Å². The third-order valence-corrected chi connectivity index (χ3v) is 5.01. The maximum absolute atomic E-state index is 12.9. The number of carbonyl (C=O) groups excluding carboxylic acids is 1. The van der Waals surface area contributed by atoms with Gasteiger partial charge >= 0.3 is 6.18 Å². The van der Waals surface area contributed by atoms with Gasteiger partial charge in [-0.15, -0.1) is 0 Å². The summed E-state index contributed by atoms with van der Waals surface area (Å²) in [5, 5.41) is 7.77. The van der Waals surface area contributed by atoms with Crippen LogP contribution in [-0.2, 0) is 18.0 Å². The van der Waals surface area contributed by atoms with E-state index in [1.165, 1.54) is 16.8 Å². The van der Waals surface area contributed by atoms with E-state index in [0.717, 1.165) is 25.0 Å². The normalized spacial score (nSPS) is 15.6. The van der Waals surface area contributed by atoms with Gasteiger partial charge in [-0.2, -0.15) is 18.3 Å². The lowest BCUT2D eigenvalue weighted by atomic mass is 10.0. The molecule has 3 heterocycles. The van der Waals surface area contributed by atoms with Crippen LogP contribution in [0.5, 0.6) is 0 Å². The fourth-order valence-corrected chi connectivity index (χ4v) is 3.39. The summed E-state index contributed by atoms with van der Waals surface area (Å²) in [7, 11) is 1.70. The van der Waals surface area contributed by atoms with Gasteiger partial charge in [-0.25, -0.2) is 4.98 Å². The van der Waals surface area contributed by atoms with Crippen molar-refractivity contribution in [2.45, 2.75) is 25.1 Å². The summed E-state index contributed by atoms with van der Waals surface area (Å²) in [5.74, 6) is -0.259. The minimum Gasteiger partial charge on any atom is -0.381 e. The van der Waals surface area contributed by atoms with Crippen LogP contribution in [0.3, 0.4) is 0 Å². The lowest BCUT2D eigenvalue weighted by Gasteiger charge is -2.23. The Morgan fingerprint density at radius 2 is 1.90 bits per heavy atom. The van der Waals surface area contributed by atoms with E-state index in [1.807, 2.05) is 0 Å². The Morgan fingerprint density at radius 1 is 1.21 bits per heavy atom. The number of pyridine rings is 1. The third kappa shape index (κ3) is 3.95. The average molecular weight is 404 g/mol. The van der Waals surface area contributed by atoms with Gasteiger partial charge in [0, 0.05) is 31.9 Å². The van der Waals surface area contributed by atoms with Gasteiger partial charge < -0.3 is 10.1 Å². The number of carbonyl (C=O) groups is 1. The maximum atomic E-state index is 12.9. The van der Waals surface area contributed by atoms with Crippen LogP contribution >= 0.6 is 0 Å². The number of nitrogens with zero attached hydrogens (tertiary/aromatic N) is 3. The number of alkyl halides is 3. The van der Waals surface area contributed by atoms with Gasteiger partial charge in [-0.3, -0.25) is 9.48 Å². The first-order chi connectivity index (χ1) is 13.8. The molecule has 9 heteroatoms. The summed E-state index contributed by atoms with van der Waals surface area (Å²) >= 11 is 0. The minimum absolute atomic E-state index is 0.0191. The summed E-state index contributed by atoms with van der Waals surface area (Å²) in [6, 6.07) is 6.34. The monoisotopic (exact) mass is 404 g/mol. The predicted molar refractivity (Wildman–Crippen MR) is 100 cm³/mol. The summed E-state index contributed by atoms with van der Waals surface area (Å²) in [5.41, 5.74) is 1.04. The van der Waals surface area contributed by atoms with Crippen LogP contribution in [0.25, 0.3) is 22.3 Å². The second kappa shape index (κ2) is 7.47. The van der Waals surface area contributed by atoms with E-state index in [2.05, 4.69) is 15.4 Å². The molecule has 1 fully saturated rings. The van der Waals surface area contributed by atoms with Gasteiger partial charge in [0.05, 0.1) is 28.4 Å². The number of hydrogen-bond acceptors (Lipinski definition) is 4. The standard InChI is InChI=1S/C20H19F3N4O2/c1-27-18-16(11-24-27)15(19(28)25-14-6-8-29-9-7-14)10-17(26-18)12-2-4-13(5-3-12)20(21,22)23/h2-5,10-11,14H,6-9H2,1H3,(H,25,28). The molecular weight excluding hydrogens is 385 g/mol. The third-order valence-electron chi connectivity index (χ3n) is 5.01. The fraction of sp³-hybridized carbons (Fsp3) is 0.350. The van der Waals surface area contributed by atoms with Crippen molar-refractivity contribution in [3.8, 4) is 11.3 Å². The Balaban J connectivity index is 1.72. The molecule has 0 atom stereocenters. The number of amides is 1. The van der Waals surface area contributed by atoms with Crippen molar-refractivity contribution in [3.63, 3.8) is 0 Å². The molecule has 2 aromatic heterocycles. The number of aryl methyl sites for hydroxylation is 1. The molecule has 3 aromatic rings. The largest absolute Gasteiger partial charge is 0.416 e. The molecule has 29 heavy (non-hydrogen) atoms. The van der Waals surface area contributed by atoms with E-state index in [-0.39, 0.29) is 11.9 Å². The molecule has 1 saturated heterocycles. The highest BCUT2D eigenvalue weighted by Gasteiger charge is 2.30. The zero-order chi connectivity index (χ0) is 20.6. The average Bonchev–Trinajstić information content (AvgIpc) is 3.08. The van der Waals surface area contributed by atoms with Crippen molar-refractivity contribution in [1.29, 1.82) is 0 Å². The van der Waals surface area contributed by atoms with Gasteiger partial charge in [0.15, 0.2) is 5.65 Å². The molecule has 1 aliphatic rings. The first-order valence-electron chi connectivity index (χ1n) is 9.22. The van der Waals surface area contributed by atoms with Crippen molar-refractivity contribution in [3.05, 3.63) is 47.7 Å². The molecular formula is C20H19F3N4O2. The molecule has 0 bridgehead atoms. The van der Waals surface area contributed by atoms with Gasteiger partial charge in [-0.05, 0) is 31.0 Å². The van der Waals surface area contributed by atoms with Crippen molar-refractivity contribution in [2.24, 2.45) is 7.05 Å². The SMILES string of the molecule is Cn1ncc2c(C(=O)NC3CCOCC3)cc(-c3ccc(C(F)(F)F)cc3)nc21. The van der Waals surface area contributed by atoms with Gasteiger partial charge in [0.25, 0.3) is 5.91 Å². The lowest BCUT2D eigenvalue weighted by Crippen LogP contribution is -2.39. The summed E-state index contributed by atoms with van der Waals surface area (Å²) in [6.45, 7) is 1.20. The zero-order valence-corrected chi connectivity index (χ0v) is 15.7. The number of halogens is 3. The topological polar surface area (TPSA) is 69.0 Å². The Kier molecular flexibility index (Phi) is 4.99. The zero-order valence-electron chi connectivity index (χ0n) is 15.7. The molecule has 0 spiro atoms. The molecule has 152 valence electrons. The maximum Gasteiger partial charge on any atom is 0.416 e. The lowest BCUT2D eigenvalue weighted by molar-refractivity contribution is -0.137. The summed E-state index contributed by atoms with van der Waals surface area (Å²) in [6.07, 6.45) is -1.37. The number of fused-ring (bicyclic) bond motifs is 1. The van der Waals surface area contributed by atoms with E-state index in [0.29, 0.717) is 41.1 Å². The van der Waals surface area contributed by atoms with Crippen LogP contribution in [0.2, 0.25) is 0 Å². The van der Waals surface area contributed by atoms with Crippen LogP contribution < -0.4 is 5.32 Å². The van der Waals surface area contributed by atoms with Gasteiger partial charge in [-0.1, -0.05) is 12.1 Å². The molecule has 0 aliphatic carbocycles. The first kappa shape index (κ1) is 19.4. The molecule has 4 rings (SSSR count). The van der Waals surface area contributed by atoms with Crippen LogP contribution in [0.4, 0.5) is 13.2 Å². The van der Waals surface area contributed by atoms with E-state index in [1.54, 1.807) is 19.3 Å². The van der Waals surface area contributed by atoms with Crippen molar-refractivity contribution < 1.29 is 22.7 Å². The Bertz CT molecular complexity index is 1040. The van der Waals surface area contributed by atoms with E-state index < -0.39 is 11.7 Å². The molecule has 6 nitrogen and oxygen atoms in total. The molecule has 0 saturated carbocycles. The van der Waals surface area contributed by atoms with Crippen LogP contribution in [-0.4, -0.2) is 39.9 Å². The second-order valence-corrected chi connectivity index (χ2v) is 7.00. The van der Waals surface area contributed by atoms with Gasteiger partial charge in [0.2, 0.25) is 0 Å². The van der Waals surface area contributed by atoms with E-state index in [9.17, 15) is 18.0 Å². The number of hydrogen-bond donors (Lipinski definition) is 1. The highest BCUT2D eigenvalue weighted by molar-refractivity contribution is 6.06. The summed E-state index contributed by atoms with van der Waals surface area (Å²) in [4.78, 5) is 17.4. The van der Waals surface area contributed by atoms with Crippen LogP contribution in [0, 0.1) is 0 Å². The predicted octanol–water partition coefficient (Wildman–Crippen LogP) is 3.56. The van der Waals surface area contributed by atoms with E-state index >= 15 is 0 Å². The number of rotatable bonds is 3. The minimum atomic E-state index is -4.41. The number of aromatic nitrogens is 3. The van der Waals surface area contributed by atoms with Crippen molar-refractivity contribution in [2.75, 3.05) is 13.2 Å². The molecule has 0 radical (unpaired) electrons. The first-order valence-corrected chi connectivity index (χ1v) is 9.22. The summed E-state index contributed by atoms with van der Waals surface area (Å²) < 4.78 is 45.4. The molecule has 0 unspecified atom stereocenters. The van der Waals surface area contributed by atoms with Crippen molar-refractivity contribution in [1.82, 2.24) is 20.1 Å². The van der Waals surface area contributed by atoms with E-state index in [4.69, 9.17) is 4.74 Å². The highest BCUT2D eigenvalue weighted by atomic mass is 19.4. The Hall–Kier alpha value is -2.94. The number of nitrogens with one attached hydrogen (secondary N) is 1. The molecule has 1 amide bonds. The van der Waals surface area contributed by atoms with Gasteiger partial charge in [0.1, 0.15) is 0 Å². The Morgan fingerprint density at radius 3 is 2.55 bits per heavy atom. The quantitative estimate of drug-likeness (QED) is 0.725. The second-order valence-electron chi connectivity index (χ2n) is 7.00. The molecule has 1 aromatic carbocycles. The fourth-order valence-electron chi connectivity index (χ4n) is 3.39. The van der Waals surface area contributed by atoms with Crippen LogP contribution in [0.15, 0.2) is 36.5 Å². The Labute approximate surface area is 164 Å².